The molecule has 0 bridgehead atoms. The van der Waals surface area contributed by atoms with Gasteiger partial charge in [-0.25, -0.2) is 9.37 Å². The van der Waals surface area contributed by atoms with Gasteiger partial charge in [-0.2, -0.15) is 0 Å². The first kappa shape index (κ1) is 17.6. The van der Waals surface area contributed by atoms with Crippen molar-refractivity contribution in [3.05, 3.63) is 53.8 Å². The number of nitrogens with one attached hydrogen (secondary N) is 1. The van der Waals surface area contributed by atoms with Crippen LogP contribution in [0.2, 0.25) is 0 Å². The number of fused-ring (bicyclic) bond motifs is 1. The lowest BCUT2D eigenvalue weighted by Gasteiger charge is -1.98. The average Bonchev–Trinajstić information content (AvgIpc) is 3.26. The predicted octanol–water partition coefficient (Wildman–Crippen LogP) is 4.52. The number of aromatic nitrogens is 3. The number of nitrogens with zero attached hydrogens (tertiary/aromatic N) is 3. The molecule has 0 atom stereocenters. The summed E-state index contributed by atoms with van der Waals surface area (Å²) < 4.78 is 19.5. The van der Waals surface area contributed by atoms with Gasteiger partial charge in [-0.3, -0.25) is 4.79 Å². The Morgan fingerprint density at radius 1 is 1.22 bits per heavy atom. The number of hydrogen-bond acceptors (Lipinski definition) is 7. The zero-order valence-corrected chi connectivity index (χ0v) is 15.7. The molecule has 2 aromatic carbocycles. The first-order valence-electron chi connectivity index (χ1n) is 7.96. The summed E-state index contributed by atoms with van der Waals surface area (Å²) >= 11 is 2.56. The molecule has 4 aromatic rings. The normalized spacial score (nSPS) is 11.0. The standard InChI is InChI=1S/C18H13FN4O2S2/c1-10-2-7-13-14(8-10)27-17(20-13)21-15(24)9-26-18-23-22-16(25-18)11-3-5-12(19)6-4-11/h2-8H,9H2,1H3,(H,20,21,24). The minimum Gasteiger partial charge on any atom is -0.411 e. The Balaban J connectivity index is 1.36. The molecule has 0 aliphatic carbocycles. The van der Waals surface area contributed by atoms with Gasteiger partial charge in [-0.1, -0.05) is 29.2 Å². The highest BCUT2D eigenvalue weighted by atomic mass is 32.2. The monoisotopic (exact) mass is 400 g/mol. The highest BCUT2D eigenvalue weighted by molar-refractivity contribution is 7.99. The molecule has 136 valence electrons. The van der Waals surface area contributed by atoms with Crippen molar-refractivity contribution in [3.63, 3.8) is 0 Å². The topological polar surface area (TPSA) is 80.9 Å². The molecule has 0 saturated heterocycles. The van der Waals surface area contributed by atoms with E-state index in [9.17, 15) is 9.18 Å². The van der Waals surface area contributed by atoms with Gasteiger partial charge in [0, 0.05) is 5.56 Å². The lowest BCUT2D eigenvalue weighted by Crippen LogP contribution is -2.13. The number of thiazole rings is 1. The molecule has 0 aliphatic heterocycles. The van der Waals surface area contributed by atoms with Crippen LogP contribution in [0.25, 0.3) is 21.7 Å². The van der Waals surface area contributed by atoms with Crippen LogP contribution in [-0.2, 0) is 4.79 Å². The maximum Gasteiger partial charge on any atom is 0.277 e. The Kier molecular flexibility index (Phi) is 4.87. The molecule has 0 radical (unpaired) electrons. The van der Waals surface area contributed by atoms with Crippen molar-refractivity contribution in [1.29, 1.82) is 0 Å². The molecular formula is C18H13FN4O2S2. The molecular weight excluding hydrogens is 387 g/mol. The van der Waals surface area contributed by atoms with Crippen molar-refractivity contribution < 1.29 is 13.6 Å². The molecule has 0 unspecified atom stereocenters. The summed E-state index contributed by atoms with van der Waals surface area (Å²) in [5.41, 5.74) is 2.62. The molecule has 0 fully saturated rings. The summed E-state index contributed by atoms with van der Waals surface area (Å²) in [6, 6.07) is 11.7. The van der Waals surface area contributed by atoms with Gasteiger partial charge in [0.05, 0.1) is 16.0 Å². The summed E-state index contributed by atoms with van der Waals surface area (Å²) in [6.45, 7) is 2.01. The second-order valence-corrected chi connectivity index (χ2v) is 7.66. The van der Waals surface area contributed by atoms with Crippen LogP contribution in [-0.4, -0.2) is 26.8 Å². The lowest BCUT2D eigenvalue weighted by atomic mass is 10.2. The zero-order chi connectivity index (χ0) is 18.8. The molecule has 2 heterocycles. The third-order valence-electron chi connectivity index (χ3n) is 3.61. The van der Waals surface area contributed by atoms with Crippen molar-refractivity contribution in [1.82, 2.24) is 15.2 Å². The molecule has 1 N–H and O–H groups in total. The third kappa shape index (κ3) is 4.15. The number of halogens is 1. The SMILES string of the molecule is Cc1ccc2nc(NC(=O)CSc3nnc(-c4ccc(F)cc4)o3)sc2c1. The Morgan fingerprint density at radius 2 is 2.04 bits per heavy atom. The van der Waals surface area contributed by atoms with E-state index in [1.54, 1.807) is 12.1 Å². The number of amides is 1. The minimum atomic E-state index is -0.338. The van der Waals surface area contributed by atoms with E-state index < -0.39 is 0 Å². The van der Waals surface area contributed by atoms with Gasteiger partial charge < -0.3 is 9.73 Å². The lowest BCUT2D eigenvalue weighted by molar-refractivity contribution is -0.113. The fraction of sp³-hybridized carbons (Fsp3) is 0.111. The molecule has 6 nitrogen and oxygen atoms in total. The van der Waals surface area contributed by atoms with Crippen LogP contribution >= 0.6 is 23.1 Å². The Morgan fingerprint density at radius 3 is 2.85 bits per heavy atom. The number of rotatable bonds is 5. The summed E-state index contributed by atoms with van der Waals surface area (Å²) in [5, 5.41) is 11.4. The summed E-state index contributed by atoms with van der Waals surface area (Å²) in [6.07, 6.45) is 0. The fourth-order valence-corrected chi connectivity index (χ4v) is 3.89. The fourth-order valence-electron chi connectivity index (χ4n) is 2.35. The number of benzene rings is 2. The smallest absolute Gasteiger partial charge is 0.277 e. The van der Waals surface area contributed by atoms with Crippen molar-refractivity contribution in [3.8, 4) is 11.5 Å². The Labute approximate surface area is 161 Å². The van der Waals surface area contributed by atoms with E-state index in [4.69, 9.17) is 4.42 Å². The van der Waals surface area contributed by atoms with Crippen LogP contribution < -0.4 is 5.32 Å². The number of thioether (sulfide) groups is 1. The van der Waals surface area contributed by atoms with Crippen molar-refractivity contribution >= 4 is 44.4 Å². The maximum absolute atomic E-state index is 13.0. The van der Waals surface area contributed by atoms with E-state index in [1.807, 2.05) is 25.1 Å². The molecule has 1 amide bonds. The number of anilines is 1. The second-order valence-electron chi connectivity index (χ2n) is 5.71. The number of carbonyl (C=O) groups is 1. The van der Waals surface area contributed by atoms with Crippen LogP contribution in [0, 0.1) is 12.7 Å². The van der Waals surface area contributed by atoms with Gasteiger partial charge in [-0.15, -0.1) is 10.2 Å². The molecule has 27 heavy (non-hydrogen) atoms. The molecule has 4 rings (SSSR count). The molecule has 0 spiro atoms. The quantitative estimate of drug-likeness (QED) is 0.496. The summed E-state index contributed by atoms with van der Waals surface area (Å²) in [7, 11) is 0. The Hall–Kier alpha value is -2.78. The van der Waals surface area contributed by atoms with E-state index in [1.165, 1.54) is 23.5 Å². The van der Waals surface area contributed by atoms with Gasteiger partial charge in [0.25, 0.3) is 5.22 Å². The Bertz CT molecular complexity index is 1110. The van der Waals surface area contributed by atoms with Gasteiger partial charge in [0.1, 0.15) is 5.82 Å². The van der Waals surface area contributed by atoms with Crippen molar-refractivity contribution in [2.45, 2.75) is 12.1 Å². The molecule has 0 aliphatic rings. The second kappa shape index (κ2) is 7.45. The number of hydrogen-bond donors (Lipinski definition) is 1. The van der Waals surface area contributed by atoms with Crippen molar-refractivity contribution in [2.24, 2.45) is 0 Å². The highest BCUT2D eigenvalue weighted by Gasteiger charge is 2.13. The van der Waals surface area contributed by atoms with Crippen LogP contribution in [0.3, 0.4) is 0 Å². The highest BCUT2D eigenvalue weighted by Crippen LogP contribution is 2.27. The number of carbonyl (C=O) groups excluding carboxylic acids is 1. The molecule has 0 saturated carbocycles. The van der Waals surface area contributed by atoms with E-state index >= 15 is 0 Å². The molecule has 2 aromatic heterocycles. The largest absolute Gasteiger partial charge is 0.411 e. The minimum absolute atomic E-state index is 0.111. The van der Waals surface area contributed by atoms with Gasteiger partial charge in [0.2, 0.25) is 11.8 Å². The zero-order valence-electron chi connectivity index (χ0n) is 14.1. The summed E-state index contributed by atoms with van der Waals surface area (Å²) in [5.74, 6) is -0.161. The number of aryl methyl sites for hydroxylation is 1. The first-order valence-corrected chi connectivity index (χ1v) is 9.76. The van der Waals surface area contributed by atoms with E-state index in [2.05, 4.69) is 20.5 Å². The van der Waals surface area contributed by atoms with Crippen LogP contribution in [0.4, 0.5) is 9.52 Å². The van der Waals surface area contributed by atoms with Crippen LogP contribution in [0.5, 0.6) is 0 Å². The first-order chi connectivity index (χ1) is 13.1. The van der Waals surface area contributed by atoms with Gasteiger partial charge in [-0.05, 0) is 48.9 Å². The maximum atomic E-state index is 13.0. The molecule has 9 heteroatoms. The average molecular weight is 400 g/mol. The van der Waals surface area contributed by atoms with E-state index in [0.29, 0.717) is 10.7 Å². The van der Waals surface area contributed by atoms with E-state index in [-0.39, 0.29) is 28.6 Å². The summed E-state index contributed by atoms with van der Waals surface area (Å²) in [4.78, 5) is 16.5. The third-order valence-corrected chi connectivity index (χ3v) is 5.37. The van der Waals surface area contributed by atoms with Crippen LogP contribution in [0.15, 0.2) is 52.1 Å². The predicted molar refractivity (Wildman–Crippen MR) is 103 cm³/mol. The van der Waals surface area contributed by atoms with Gasteiger partial charge in [0.15, 0.2) is 5.13 Å². The van der Waals surface area contributed by atoms with Crippen molar-refractivity contribution in [2.75, 3.05) is 11.1 Å². The van der Waals surface area contributed by atoms with Gasteiger partial charge >= 0.3 is 0 Å². The van der Waals surface area contributed by atoms with Crippen LogP contribution in [0.1, 0.15) is 5.56 Å². The van der Waals surface area contributed by atoms with E-state index in [0.717, 1.165) is 27.5 Å².